The van der Waals surface area contributed by atoms with Gasteiger partial charge in [0.05, 0.1) is 6.61 Å². The number of rotatable bonds is 3. The molecule has 1 aromatic rings. The zero-order valence-corrected chi connectivity index (χ0v) is 11.5. The van der Waals surface area contributed by atoms with Gasteiger partial charge in [0.15, 0.2) is 0 Å². The standard InChI is InChI=1S/C15H18N2O3/c1-3-14(18)16-13-6-4-12(5-7-13)15(19)17-10-20-9-8-11(17)2/h3-7,11H,1,8-10H2,2H3,(H,16,18). The Morgan fingerprint density at radius 2 is 2.10 bits per heavy atom. The second kappa shape index (κ2) is 6.34. The van der Waals surface area contributed by atoms with Gasteiger partial charge < -0.3 is 15.0 Å². The molecule has 0 bridgehead atoms. The first-order valence-corrected chi connectivity index (χ1v) is 6.54. The molecule has 1 atom stereocenters. The van der Waals surface area contributed by atoms with Crippen molar-refractivity contribution in [1.82, 2.24) is 4.90 Å². The molecule has 5 nitrogen and oxygen atoms in total. The normalized spacial score (nSPS) is 18.4. The van der Waals surface area contributed by atoms with Crippen molar-refractivity contribution >= 4 is 17.5 Å². The number of carbonyl (C=O) groups is 2. The van der Waals surface area contributed by atoms with Crippen LogP contribution in [0, 0.1) is 0 Å². The van der Waals surface area contributed by atoms with Crippen molar-refractivity contribution in [2.24, 2.45) is 0 Å². The van der Waals surface area contributed by atoms with E-state index < -0.39 is 0 Å². The van der Waals surface area contributed by atoms with E-state index in [1.165, 1.54) is 6.08 Å². The lowest BCUT2D eigenvalue weighted by Gasteiger charge is -2.33. The van der Waals surface area contributed by atoms with Crippen LogP contribution >= 0.6 is 0 Å². The molecule has 0 spiro atoms. The van der Waals surface area contributed by atoms with E-state index in [-0.39, 0.29) is 17.9 Å². The van der Waals surface area contributed by atoms with Gasteiger partial charge in [-0.2, -0.15) is 0 Å². The molecule has 0 radical (unpaired) electrons. The summed E-state index contributed by atoms with van der Waals surface area (Å²) in [4.78, 5) is 25.2. The molecule has 1 aliphatic rings. The van der Waals surface area contributed by atoms with E-state index in [1.807, 2.05) is 6.92 Å². The van der Waals surface area contributed by atoms with Gasteiger partial charge >= 0.3 is 0 Å². The molecular weight excluding hydrogens is 256 g/mol. The van der Waals surface area contributed by atoms with Gasteiger partial charge in [0.25, 0.3) is 5.91 Å². The number of nitrogens with zero attached hydrogens (tertiary/aromatic N) is 1. The van der Waals surface area contributed by atoms with E-state index in [2.05, 4.69) is 11.9 Å². The lowest BCUT2D eigenvalue weighted by molar-refractivity contribution is -0.111. The van der Waals surface area contributed by atoms with Crippen molar-refractivity contribution in [3.8, 4) is 0 Å². The Morgan fingerprint density at radius 1 is 1.40 bits per heavy atom. The van der Waals surface area contributed by atoms with E-state index in [0.717, 1.165) is 6.42 Å². The highest BCUT2D eigenvalue weighted by atomic mass is 16.5. The zero-order valence-electron chi connectivity index (χ0n) is 11.5. The summed E-state index contributed by atoms with van der Waals surface area (Å²) >= 11 is 0. The second-order valence-corrected chi connectivity index (χ2v) is 4.72. The van der Waals surface area contributed by atoms with Crippen LogP contribution in [0.15, 0.2) is 36.9 Å². The molecule has 0 aliphatic carbocycles. The van der Waals surface area contributed by atoms with Gasteiger partial charge in [-0.05, 0) is 43.7 Å². The first-order chi connectivity index (χ1) is 9.61. The van der Waals surface area contributed by atoms with E-state index in [4.69, 9.17) is 4.74 Å². The second-order valence-electron chi connectivity index (χ2n) is 4.72. The Hall–Kier alpha value is -2.14. The molecule has 106 valence electrons. The molecule has 1 aliphatic heterocycles. The van der Waals surface area contributed by atoms with Crippen molar-refractivity contribution in [1.29, 1.82) is 0 Å². The highest BCUT2D eigenvalue weighted by Gasteiger charge is 2.24. The maximum atomic E-state index is 12.3. The van der Waals surface area contributed by atoms with Crippen LogP contribution in [0.25, 0.3) is 0 Å². The smallest absolute Gasteiger partial charge is 0.255 e. The minimum absolute atomic E-state index is 0.0567. The fourth-order valence-corrected chi connectivity index (χ4v) is 2.01. The van der Waals surface area contributed by atoms with Crippen molar-refractivity contribution in [3.63, 3.8) is 0 Å². The first-order valence-electron chi connectivity index (χ1n) is 6.54. The lowest BCUT2D eigenvalue weighted by Crippen LogP contribution is -2.44. The fraction of sp³-hybridized carbons (Fsp3) is 0.333. The maximum Gasteiger partial charge on any atom is 0.255 e. The maximum absolute atomic E-state index is 12.3. The summed E-state index contributed by atoms with van der Waals surface area (Å²) in [6, 6.07) is 6.97. The van der Waals surface area contributed by atoms with Crippen molar-refractivity contribution in [3.05, 3.63) is 42.5 Å². The van der Waals surface area contributed by atoms with Gasteiger partial charge in [-0.25, -0.2) is 0 Å². The molecule has 0 saturated carbocycles. The van der Waals surface area contributed by atoms with Crippen LogP contribution in [0.1, 0.15) is 23.7 Å². The highest BCUT2D eigenvalue weighted by molar-refractivity contribution is 5.99. The Balaban J connectivity index is 2.07. The number of ether oxygens (including phenoxy) is 1. The summed E-state index contributed by atoms with van der Waals surface area (Å²) in [5, 5.41) is 2.64. The number of hydrogen-bond donors (Lipinski definition) is 1. The van der Waals surface area contributed by atoms with E-state index in [0.29, 0.717) is 24.6 Å². The molecule has 1 heterocycles. The molecule has 2 rings (SSSR count). The van der Waals surface area contributed by atoms with Crippen LogP contribution in [0.2, 0.25) is 0 Å². The van der Waals surface area contributed by atoms with Crippen LogP contribution in [0.3, 0.4) is 0 Å². The molecule has 1 unspecified atom stereocenters. The highest BCUT2D eigenvalue weighted by Crippen LogP contribution is 2.16. The Bertz CT molecular complexity index is 510. The topological polar surface area (TPSA) is 58.6 Å². The number of nitrogens with one attached hydrogen (secondary N) is 1. The lowest BCUT2D eigenvalue weighted by atomic mass is 10.1. The molecule has 0 aromatic heterocycles. The molecule has 2 amide bonds. The Morgan fingerprint density at radius 3 is 2.70 bits per heavy atom. The Kier molecular flexibility index (Phi) is 4.53. The van der Waals surface area contributed by atoms with Crippen LogP contribution in [-0.4, -0.2) is 36.1 Å². The van der Waals surface area contributed by atoms with E-state index >= 15 is 0 Å². The monoisotopic (exact) mass is 274 g/mol. The van der Waals surface area contributed by atoms with Crippen LogP contribution in [-0.2, 0) is 9.53 Å². The number of carbonyl (C=O) groups excluding carboxylic acids is 2. The largest absolute Gasteiger partial charge is 0.361 e. The molecule has 1 aromatic carbocycles. The average molecular weight is 274 g/mol. The summed E-state index contributed by atoms with van der Waals surface area (Å²) in [6.07, 6.45) is 2.05. The summed E-state index contributed by atoms with van der Waals surface area (Å²) in [5.74, 6) is -0.332. The van der Waals surface area contributed by atoms with Gasteiger partial charge in [0.1, 0.15) is 6.73 Å². The number of amides is 2. The molecule has 1 N–H and O–H groups in total. The van der Waals surface area contributed by atoms with E-state index in [1.54, 1.807) is 29.2 Å². The van der Waals surface area contributed by atoms with Gasteiger partial charge in [0, 0.05) is 17.3 Å². The predicted molar refractivity (Wildman–Crippen MR) is 76.3 cm³/mol. The third-order valence-corrected chi connectivity index (χ3v) is 3.29. The molecule has 1 saturated heterocycles. The third kappa shape index (κ3) is 3.24. The van der Waals surface area contributed by atoms with Gasteiger partial charge in [-0.1, -0.05) is 6.58 Å². The quantitative estimate of drug-likeness (QED) is 0.858. The predicted octanol–water partition coefficient (Wildman–Crippen LogP) is 2.02. The SMILES string of the molecule is C=CC(=O)Nc1ccc(C(=O)N2COCCC2C)cc1. The molecule has 5 heteroatoms. The number of hydrogen-bond acceptors (Lipinski definition) is 3. The molecular formula is C15H18N2O3. The summed E-state index contributed by atoms with van der Waals surface area (Å²) < 4.78 is 5.32. The van der Waals surface area contributed by atoms with Gasteiger partial charge in [0.2, 0.25) is 5.91 Å². The molecule has 1 fully saturated rings. The summed E-state index contributed by atoms with van der Waals surface area (Å²) in [5.41, 5.74) is 1.22. The van der Waals surface area contributed by atoms with Crippen molar-refractivity contribution < 1.29 is 14.3 Å². The van der Waals surface area contributed by atoms with Crippen LogP contribution < -0.4 is 5.32 Å². The van der Waals surface area contributed by atoms with E-state index in [9.17, 15) is 9.59 Å². The summed E-state index contributed by atoms with van der Waals surface area (Å²) in [7, 11) is 0. The average Bonchev–Trinajstić information content (AvgIpc) is 2.47. The fourth-order valence-electron chi connectivity index (χ4n) is 2.01. The van der Waals surface area contributed by atoms with Crippen LogP contribution in [0.4, 0.5) is 5.69 Å². The number of benzene rings is 1. The minimum atomic E-state index is -0.276. The van der Waals surface area contributed by atoms with Crippen molar-refractivity contribution in [2.75, 3.05) is 18.7 Å². The van der Waals surface area contributed by atoms with Gasteiger partial charge in [-0.15, -0.1) is 0 Å². The zero-order chi connectivity index (χ0) is 14.5. The van der Waals surface area contributed by atoms with Crippen LogP contribution in [0.5, 0.6) is 0 Å². The third-order valence-electron chi connectivity index (χ3n) is 3.29. The Labute approximate surface area is 118 Å². The number of anilines is 1. The van der Waals surface area contributed by atoms with Crippen molar-refractivity contribution in [2.45, 2.75) is 19.4 Å². The van der Waals surface area contributed by atoms with Gasteiger partial charge in [-0.3, -0.25) is 9.59 Å². The molecule has 20 heavy (non-hydrogen) atoms. The first kappa shape index (κ1) is 14.3. The minimum Gasteiger partial charge on any atom is -0.361 e. The summed E-state index contributed by atoms with van der Waals surface area (Å²) in [6.45, 7) is 6.42.